The number of hydrogen-bond donors (Lipinski definition) is 0. The van der Waals surface area contributed by atoms with Gasteiger partial charge < -0.3 is 8.85 Å². The van der Waals surface area contributed by atoms with E-state index in [4.69, 9.17) is 8.85 Å². The minimum atomic E-state index is -1.87. The van der Waals surface area contributed by atoms with Crippen LogP contribution < -0.4 is 4.43 Å². The zero-order valence-corrected chi connectivity index (χ0v) is 19.7. The van der Waals surface area contributed by atoms with Gasteiger partial charge in [-0.3, -0.25) is 0 Å². The zero-order chi connectivity index (χ0) is 19.3. The lowest BCUT2D eigenvalue weighted by atomic mass is 10.1. The van der Waals surface area contributed by atoms with Crippen LogP contribution in [0.25, 0.3) is 6.08 Å². The summed E-state index contributed by atoms with van der Waals surface area (Å²) < 4.78 is 13.2. The zero-order valence-electron chi connectivity index (χ0n) is 17.7. The molecule has 0 spiro atoms. The number of hydrogen-bond acceptors (Lipinski definition) is 2. The van der Waals surface area contributed by atoms with E-state index in [9.17, 15) is 0 Å². The molecule has 0 bridgehead atoms. The molecule has 1 aromatic carbocycles. The van der Waals surface area contributed by atoms with E-state index in [1.54, 1.807) is 0 Å². The van der Waals surface area contributed by atoms with Crippen LogP contribution in [-0.4, -0.2) is 16.6 Å². The van der Waals surface area contributed by atoms with Crippen LogP contribution in [0.1, 0.15) is 58.8 Å². The van der Waals surface area contributed by atoms with Crippen molar-refractivity contribution in [2.75, 3.05) is 0 Å². The molecule has 0 heterocycles. The Morgan fingerprint density at radius 3 is 1.96 bits per heavy atom. The van der Waals surface area contributed by atoms with E-state index in [0.717, 1.165) is 11.3 Å². The van der Waals surface area contributed by atoms with Crippen LogP contribution >= 0.6 is 0 Å². The lowest BCUT2D eigenvalue weighted by Crippen LogP contribution is -2.44. The fraction of sp³-hybridized carbons (Fsp3) is 0.619. The van der Waals surface area contributed by atoms with Crippen LogP contribution in [0.4, 0.5) is 0 Å². The molecule has 4 heteroatoms. The van der Waals surface area contributed by atoms with Gasteiger partial charge in [-0.25, -0.2) is 0 Å². The molecule has 1 unspecified atom stereocenters. The minimum absolute atomic E-state index is 0.0705. The maximum Gasteiger partial charge on any atom is 0.250 e. The van der Waals surface area contributed by atoms with Gasteiger partial charge in [0.15, 0.2) is 8.32 Å². The number of rotatable bonds is 4. The normalized spacial score (nSPS) is 18.4. The highest BCUT2D eigenvalue weighted by molar-refractivity contribution is 6.75. The first-order valence-electron chi connectivity index (χ1n) is 9.25. The third-order valence-corrected chi connectivity index (χ3v) is 14.9. The molecule has 0 aliphatic heterocycles. The van der Waals surface area contributed by atoms with Crippen molar-refractivity contribution < 1.29 is 8.85 Å². The van der Waals surface area contributed by atoms with E-state index < -0.39 is 16.6 Å². The lowest BCUT2D eigenvalue weighted by Gasteiger charge is -2.38. The molecule has 0 saturated carbocycles. The molecule has 0 N–H and O–H groups in total. The molecule has 2 nitrogen and oxygen atoms in total. The van der Waals surface area contributed by atoms with E-state index in [-0.39, 0.29) is 16.2 Å². The summed E-state index contributed by atoms with van der Waals surface area (Å²) in [6, 6.07) is 6.33. The summed E-state index contributed by atoms with van der Waals surface area (Å²) in [6.07, 6.45) is 5.43. The molecular weight excluding hydrogens is 340 g/mol. The van der Waals surface area contributed by atoms with Crippen molar-refractivity contribution in [3.63, 3.8) is 0 Å². The van der Waals surface area contributed by atoms with Gasteiger partial charge in [0.2, 0.25) is 0 Å². The summed E-state index contributed by atoms with van der Waals surface area (Å²) in [4.78, 5) is 0. The standard InChI is InChI=1S/C21H35O2Si2/c1-20(2,3)24(7,8)22-18-13-11-12-16-17(18)14-15-19(16)23-25(9,10)21(4,5)6/h11-14,19H,1-10H3. The molecule has 1 aliphatic rings. The Hall–Kier alpha value is -0.846. The van der Waals surface area contributed by atoms with Crippen molar-refractivity contribution in [3.05, 3.63) is 35.4 Å². The van der Waals surface area contributed by atoms with Crippen LogP contribution in [0.15, 0.2) is 18.2 Å². The molecule has 1 radical (unpaired) electrons. The first kappa shape index (κ1) is 20.5. The fourth-order valence-electron chi connectivity index (χ4n) is 2.28. The molecule has 0 fully saturated rings. The second-order valence-electron chi connectivity index (χ2n) is 10.2. The van der Waals surface area contributed by atoms with Gasteiger partial charge in [-0.1, -0.05) is 53.7 Å². The quantitative estimate of drug-likeness (QED) is 0.529. The van der Waals surface area contributed by atoms with Crippen LogP contribution in [0.5, 0.6) is 5.75 Å². The van der Waals surface area contributed by atoms with Gasteiger partial charge in [0, 0.05) is 5.56 Å². The van der Waals surface area contributed by atoms with Crippen molar-refractivity contribution in [1.82, 2.24) is 0 Å². The summed E-state index contributed by atoms with van der Waals surface area (Å²) in [7, 11) is -3.71. The first-order valence-corrected chi connectivity index (χ1v) is 15.1. The fourth-order valence-corrected chi connectivity index (χ4v) is 4.45. The van der Waals surface area contributed by atoms with E-state index in [0.29, 0.717) is 0 Å². The third kappa shape index (κ3) is 4.12. The van der Waals surface area contributed by atoms with Gasteiger partial charge in [0.05, 0.1) is 6.10 Å². The predicted molar refractivity (Wildman–Crippen MR) is 113 cm³/mol. The Labute approximate surface area is 156 Å². The topological polar surface area (TPSA) is 18.5 Å². The molecular formula is C21H35O2Si2. The Kier molecular flexibility index (Phi) is 5.24. The van der Waals surface area contributed by atoms with Gasteiger partial charge >= 0.3 is 0 Å². The molecule has 1 atom stereocenters. The summed E-state index contributed by atoms with van der Waals surface area (Å²) >= 11 is 0. The van der Waals surface area contributed by atoms with Crippen molar-refractivity contribution >= 4 is 22.7 Å². The molecule has 1 aliphatic carbocycles. The Morgan fingerprint density at radius 1 is 0.880 bits per heavy atom. The number of fused-ring (bicyclic) bond motifs is 1. The van der Waals surface area contributed by atoms with E-state index in [2.05, 4.69) is 98.1 Å². The highest BCUT2D eigenvalue weighted by Gasteiger charge is 2.42. The average molecular weight is 376 g/mol. The highest BCUT2D eigenvalue weighted by atomic mass is 28.4. The van der Waals surface area contributed by atoms with Gasteiger partial charge in [0.1, 0.15) is 5.75 Å². The largest absolute Gasteiger partial charge is 0.543 e. The van der Waals surface area contributed by atoms with Crippen molar-refractivity contribution in [2.24, 2.45) is 0 Å². The van der Waals surface area contributed by atoms with Gasteiger partial charge in [0.25, 0.3) is 8.32 Å². The Balaban J connectivity index is 2.30. The van der Waals surface area contributed by atoms with Crippen molar-refractivity contribution in [2.45, 2.75) is 83.9 Å². The van der Waals surface area contributed by atoms with Gasteiger partial charge in [-0.05, 0) is 60.0 Å². The molecule has 0 saturated heterocycles. The second-order valence-corrected chi connectivity index (χ2v) is 19.7. The highest BCUT2D eigenvalue weighted by Crippen LogP contribution is 2.45. The van der Waals surface area contributed by atoms with Crippen molar-refractivity contribution in [3.8, 4) is 5.75 Å². The van der Waals surface area contributed by atoms with Crippen LogP contribution in [0.2, 0.25) is 36.3 Å². The minimum Gasteiger partial charge on any atom is -0.543 e. The number of benzene rings is 1. The smallest absolute Gasteiger partial charge is 0.250 e. The second kappa shape index (κ2) is 6.40. The molecule has 0 aromatic heterocycles. The van der Waals surface area contributed by atoms with Crippen LogP contribution in [-0.2, 0) is 4.43 Å². The summed E-state index contributed by atoms with van der Waals surface area (Å²) in [5.41, 5.74) is 2.34. The molecule has 139 valence electrons. The van der Waals surface area contributed by atoms with Gasteiger partial charge in [-0.2, -0.15) is 0 Å². The van der Waals surface area contributed by atoms with Crippen LogP contribution in [0.3, 0.4) is 0 Å². The Morgan fingerprint density at radius 2 is 1.44 bits per heavy atom. The monoisotopic (exact) mass is 375 g/mol. The molecule has 2 rings (SSSR count). The first-order chi connectivity index (χ1) is 11.2. The van der Waals surface area contributed by atoms with E-state index in [1.165, 1.54) is 5.56 Å². The van der Waals surface area contributed by atoms with E-state index >= 15 is 0 Å². The SMILES string of the molecule is CC(C)(C)[Si](C)(C)Oc1cccc2c1C=[C]C2O[Si](C)(C)C(C)(C)C. The third-order valence-electron chi connectivity index (χ3n) is 6.15. The average Bonchev–Trinajstić information content (AvgIpc) is 2.79. The lowest BCUT2D eigenvalue weighted by molar-refractivity contribution is 0.226. The Bertz CT molecular complexity index is 661. The maximum absolute atomic E-state index is 6.59. The predicted octanol–water partition coefficient (Wildman–Crippen LogP) is 6.96. The molecule has 1 aromatic rings. The maximum atomic E-state index is 6.59. The summed E-state index contributed by atoms with van der Waals surface area (Å²) in [5.74, 6) is 0.984. The molecule has 0 amide bonds. The van der Waals surface area contributed by atoms with E-state index in [1.807, 2.05) is 0 Å². The van der Waals surface area contributed by atoms with Crippen LogP contribution in [0, 0.1) is 6.08 Å². The molecule has 25 heavy (non-hydrogen) atoms. The van der Waals surface area contributed by atoms with Crippen molar-refractivity contribution in [1.29, 1.82) is 0 Å². The summed E-state index contributed by atoms with van der Waals surface area (Å²) in [5, 5.41) is 0.367. The van der Waals surface area contributed by atoms with Gasteiger partial charge in [-0.15, -0.1) is 0 Å². The summed E-state index contributed by atoms with van der Waals surface area (Å²) in [6.45, 7) is 22.8.